The summed E-state index contributed by atoms with van der Waals surface area (Å²) in [6.07, 6.45) is 4.19. The van der Waals surface area contributed by atoms with Gasteiger partial charge in [0, 0.05) is 44.1 Å². The number of hydrogen-bond donors (Lipinski definition) is 1. The molecule has 0 saturated heterocycles. The summed E-state index contributed by atoms with van der Waals surface area (Å²) in [7, 11) is 3.43. The number of halogens is 2. The highest BCUT2D eigenvalue weighted by molar-refractivity contribution is 8.14. The van der Waals surface area contributed by atoms with E-state index in [1.54, 1.807) is 41.0 Å². The number of carbonyl (C=O) groups excluding carboxylic acids is 2. The Hall–Kier alpha value is -2.33. The summed E-state index contributed by atoms with van der Waals surface area (Å²) in [5.41, 5.74) is 2.39. The lowest BCUT2D eigenvalue weighted by atomic mass is 10.2. The number of aliphatic imine (C=N–C) groups is 1. The Morgan fingerprint density at radius 2 is 2.12 bits per heavy atom. The van der Waals surface area contributed by atoms with Crippen LogP contribution in [0.3, 0.4) is 0 Å². The van der Waals surface area contributed by atoms with Crippen molar-refractivity contribution in [3.05, 3.63) is 51.4 Å². The summed E-state index contributed by atoms with van der Waals surface area (Å²) >= 11 is 13.2. The number of hydrogen-bond acceptors (Lipinski definition) is 6. The maximum Gasteiger partial charge on any atom is 0.278 e. The minimum atomic E-state index is -0.272. The third kappa shape index (κ3) is 6.13. The molecule has 0 aliphatic carbocycles. The van der Waals surface area contributed by atoms with Gasteiger partial charge in [-0.1, -0.05) is 35.0 Å². The van der Waals surface area contributed by atoms with Gasteiger partial charge in [0.1, 0.15) is 5.70 Å². The number of methoxy groups -OCH3 is 1. The molecule has 1 aromatic carbocycles. The van der Waals surface area contributed by atoms with Crippen molar-refractivity contribution in [2.45, 2.75) is 13.3 Å². The Kier molecular flexibility index (Phi) is 8.36. The number of ether oxygens (including phenoxy) is 1. The van der Waals surface area contributed by atoms with E-state index < -0.39 is 0 Å². The number of benzene rings is 1. The normalized spacial score (nSPS) is 14.9. The van der Waals surface area contributed by atoms with E-state index in [1.165, 1.54) is 11.8 Å². The van der Waals surface area contributed by atoms with E-state index in [0.717, 1.165) is 11.3 Å². The van der Waals surface area contributed by atoms with Gasteiger partial charge in [-0.05, 0) is 37.6 Å². The predicted octanol–water partition coefficient (Wildman–Crippen LogP) is 3.98. The Bertz CT molecular complexity index is 1080. The van der Waals surface area contributed by atoms with Crippen molar-refractivity contribution in [3.63, 3.8) is 0 Å². The van der Waals surface area contributed by atoms with Crippen molar-refractivity contribution in [2.75, 3.05) is 31.3 Å². The average molecular weight is 496 g/mol. The smallest absolute Gasteiger partial charge is 0.278 e. The van der Waals surface area contributed by atoms with Crippen molar-refractivity contribution in [3.8, 4) is 0 Å². The number of nitrogens with zero attached hydrogens (tertiary/aromatic N) is 4. The molecule has 1 aromatic heterocycles. The second-order valence-electron chi connectivity index (χ2n) is 7.03. The van der Waals surface area contributed by atoms with Crippen LogP contribution < -0.4 is 5.32 Å². The summed E-state index contributed by atoms with van der Waals surface area (Å²) in [5, 5.41) is 8.34. The highest BCUT2D eigenvalue weighted by Gasteiger charge is 2.31. The summed E-state index contributed by atoms with van der Waals surface area (Å²) < 4.78 is 6.78. The SMILES string of the molecule is COCCCN1C(=O)C(=Cc2cn(C)nc2C)N=C1SCC(=O)Nc1ccc(Cl)cc1Cl. The summed E-state index contributed by atoms with van der Waals surface area (Å²) in [5.74, 6) is -0.426. The lowest BCUT2D eigenvalue weighted by molar-refractivity contribution is -0.122. The van der Waals surface area contributed by atoms with Crippen molar-refractivity contribution < 1.29 is 14.3 Å². The van der Waals surface area contributed by atoms with Crippen molar-refractivity contribution in [2.24, 2.45) is 12.0 Å². The minimum Gasteiger partial charge on any atom is -0.385 e. The fourth-order valence-corrected chi connectivity index (χ4v) is 4.30. The van der Waals surface area contributed by atoms with Crippen molar-refractivity contribution in [1.29, 1.82) is 0 Å². The number of rotatable bonds is 8. The molecule has 1 aliphatic heterocycles. The van der Waals surface area contributed by atoms with Gasteiger partial charge in [0.05, 0.1) is 22.2 Å². The lowest BCUT2D eigenvalue weighted by Crippen LogP contribution is -2.32. The van der Waals surface area contributed by atoms with Crippen LogP contribution in [0.5, 0.6) is 0 Å². The van der Waals surface area contributed by atoms with E-state index >= 15 is 0 Å². The zero-order valence-electron chi connectivity index (χ0n) is 17.9. The van der Waals surface area contributed by atoms with E-state index in [4.69, 9.17) is 27.9 Å². The highest BCUT2D eigenvalue weighted by atomic mass is 35.5. The van der Waals surface area contributed by atoms with Crippen molar-refractivity contribution >= 4 is 63.7 Å². The fourth-order valence-electron chi connectivity index (χ4n) is 3.02. The van der Waals surface area contributed by atoms with Crippen LogP contribution in [-0.4, -0.2) is 57.7 Å². The lowest BCUT2D eigenvalue weighted by Gasteiger charge is -2.17. The third-order valence-electron chi connectivity index (χ3n) is 4.52. The molecule has 0 fully saturated rings. The van der Waals surface area contributed by atoms with Crippen LogP contribution in [0, 0.1) is 6.92 Å². The molecule has 1 aliphatic rings. The van der Waals surface area contributed by atoms with Crippen LogP contribution in [0.15, 0.2) is 35.1 Å². The Morgan fingerprint density at radius 1 is 1.34 bits per heavy atom. The van der Waals surface area contributed by atoms with Gasteiger partial charge >= 0.3 is 0 Å². The quantitative estimate of drug-likeness (QED) is 0.441. The Labute approximate surface area is 200 Å². The standard InChI is InChI=1S/C21H23Cl2N5O3S/c1-13-14(11-27(2)26-13)9-18-20(30)28(7-4-8-31-3)21(25-18)32-12-19(29)24-17-6-5-15(22)10-16(17)23/h5-6,9-11H,4,7-8,12H2,1-3H3,(H,24,29). The molecular weight excluding hydrogens is 473 g/mol. The maximum atomic E-state index is 13.0. The molecule has 0 bridgehead atoms. The van der Waals surface area contributed by atoms with Crippen LogP contribution in [0.1, 0.15) is 17.7 Å². The number of aryl methyl sites for hydroxylation is 2. The van der Waals surface area contributed by atoms with Gasteiger partial charge in [0.2, 0.25) is 5.91 Å². The topological polar surface area (TPSA) is 88.8 Å². The monoisotopic (exact) mass is 495 g/mol. The molecule has 2 heterocycles. The fraction of sp³-hybridized carbons (Fsp3) is 0.333. The first kappa shape index (κ1) is 24.3. The van der Waals surface area contributed by atoms with Gasteiger partial charge in [0.25, 0.3) is 5.91 Å². The molecule has 2 amide bonds. The minimum absolute atomic E-state index is 0.0606. The molecule has 11 heteroatoms. The van der Waals surface area contributed by atoms with Crippen LogP contribution in [0.4, 0.5) is 5.69 Å². The molecule has 8 nitrogen and oxygen atoms in total. The van der Waals surface area contributed by atoms with E-state index in [2.05, 4.69) is 15.4 Å². The van der Waals surface area contributed by atoms with Gasteiger partial charge in [-0.25, -0.2) is 4.99 Å². The maximum absolute atomic E-state index is 13.0. The van der Waals surface area contributed by atoms with E-state index in [1.807, 2.05) is 20.2 Å². The Morgan fingerprint density at radius 3 is 2.78 bits per heavy atom. The number of thioether (sulfide) groups is 1. The molecule has 1 N–H and O–H groups in total. The second-order valence-corrected chi connectivity index (χ2v) is 8.82. The molecule has 2 aromatic rings. The van der Waals surface area contributed by atoms with Crippen molar-refractivity contribution in [1.82, 2.24) is 14.7 Å². The van der Waals surface area contributed by atoms with Crippen LogP contribution in [-0.2, 0) is 21.4 Å². The number of amides is 2. The molecule has 0 radical (unpaired) electrons. The molecule has 32 heavy (non-hydrogen) atoms. The third-order valence-corrected chi connectivity index (χ3v) is 6.05. The van der Waals surface area contributed by atoms with E-state index in [9.17, 15) is 9.59 Å². The zero-order valence-corrected chi connectivity index (χ0v) is 20.2. The molecule has 0 spiro atoms. The van der Waals surface area contributed by atoms with Crippen LogP contribution >= 0.6 is 35.0 Å². The van der Waals surface area contributed by atoms with E-state index in [0.29, 0.717) is 46.2 Å². The predicted molar refractivity (Wildman–Crippen MR) is 129 cm³/mol. The zero-order chi connectivity index (χ0) is 23.3. The number of amidine groups is 1. The number of carbonyl (C=O) groups is 2. The van der Waals surface area contributed by atoms with Gasteiger partial charge < -0.3 is 10.1 Å². The van der Waals surface area contributed by atoms with Gasteiger partial charge in [0.15, 0.2) is 5.17 Å². The van der Waals surface area contributed by atoms with Crippen LogP contribution in [0.25, 0.3) is 6.08 Å². The first-order valence-corrected chi connectivity index (χ1v) is 11.5. The molecule has 3 rings (SSSR count). The average Bonchev–Trinajstić information content (AvgIpc) is 3.21. The molecule has 0 atom stereocenters. The first-order chi connectivity index (χ1) is 15.3. The molecular formula is C21H23Cl2N5O3S. The summed E-state index contributed by atoms with van der Waals surface area (Å²) in [6, 6.07) is 4.84. The largest absolute Gasteiger partial charge is 0.385 e. The number of aromatic nitrogens is 2. The van der Waals surface area contributed by atoms with Gasteiger partial charge in [-0.15, -0.1) is 0 Å². The first-order valence-electron chi connectivity index (χ1n) is 9.77. The highest BCUT2D eigenvalue weighted by Crippen LogP contribution is 2.27. The Balaban J connectivity index is 1.73. The number of anilines is 1. The van der Waals surface area contributed by atoms with Gasteiger partial charge in [-0.3, -0.25) is 19.2 Å². The molecule has 170 valence electrons. The summed E-state index contributed by atoms with van der Waals surface area (Å²) in [4.78, 5) is 31.5. The second kappa shape index (κ2) is 11.0. The van der Waals surface area contributed by atoms with Gasteiger partial charge in [-0.2, -0.15) is 5.10 Å². The molecule has 0 unspecified atom stereocenters. The number of nitrogens with one attached hydrogen (secondary N) is 1. The molecule has 0 saturated carbocycles. The summed E-state index contributed by atoms with van der Waals surface area (Å²) in [6.45, 7) is 2.82. The van der Waals surface area contributed by atoms with E-state index in [-0.39, 0.29) is 17.6 Å². The van der Waals surface area contributed by atoms with Crippen LogP contribution in [0.2, 0.25) is 10.0 Å².